The minimum absolute atomic E-state index is 1.12. The monoisotopic (exact) mass is 648 g/mol. The molecular weight excluding hydrogens is 605 g/mol. The first-order valence-electron chi connectivity index (χ1n) is 17.7. The fourth-order valence-corrected chi connectivity index (χ4v) is 6.42. The van der Waals surface area contributed by atoms with E-state index in [1.165, 1.54) is 32.7 Å². The van der Waals surface area contributed by atoms with Crippen LogP contribution in [0.5, 0.6) is 0 Å². The minimum Gasteiger partial charge on any atom is -0.310 e. The molecule has 2 heteroatoms. The number of anilines is 6. The molecule has 0 saturated carbocycles. The third-order valence-corrected chi connectivity index (χ3v) is 8.63. The standard InChI is InChI=1S/C44H32N2.2C2H6/c1-3-17-37(18-4-1)45(43-23-11-15-35-13-7-9-21-41(35)43)39-29-25-33(26-30-39)34-27-31-40(32-28-34)46(38-19-5-2-6-20-38)44-24-12-16-36-14-8-10-22-42(36)44;2*1-2/h1-32H;2*1-2H3. The van der Waals surface area contributed by atoms with Crippen molar-refractivity contribution in [3.8, 4) is 11.1 Å². The number of nitrogens with zero attached hydrogens (tertiary/aromatic N) is 2. The van der Waals surface area contributed by atoms with Crippen LogP contribution in [-0.4, -0.2) is 0 Å². The number of benzene rings is 8. The Hall–Kier alpha value is -6.12. The smallest absolute Gasteiger partial charge is 0.0540 e. The predicted molar refractivity (Wildman–Crippen MR) is 219 cm³/mol. The van der Waals surface area contributed by atoms with Gasteiger partial charge in [0.25, 0.3) is 0 Å². The molecule has 0 aliphatic heterocycles. The van der Waals surface area contributed by atoms with E-state index in [0.29, 0.717) is 0 Å². The second-order valence-corrected chi connectivity index (χ2v) is 11.4. The SMILES string of the molecule is CC.CC.c1ccc(N(c2ccc(-c3ccc(N(c4ccccc4)c4cccc5ccccc45)cc3)cc2)c2cccc3ccccc23)cc1. The van der Waals surface area contributed by atoms with E-state index in [4.69, 9.17) is 0 Å². The van der Waals surface area contributed by atoms with Crippen molar-refractivity contribution >= 4 is 55.7 Å². The number of hydrogen-bond donors (Lipinski definition) is 0. The highest BCUT2D eigenvalue weighted by Crippen LogP contribution is 2.41. The molecule has 0 aliphatic rings. The predicted octanol–water partition coefficient (Wildman–Crippen LogP) is 14.7. The fourth-order valence-electron chi connectivity index (χ4n) is 6.42. The van der Waals surface area contributed by atoms with E-state index < -0.39 is 0 Å². The van der Waals surface area contributed by atoms with Crippen LogP contribution in [0.1, 0.15) is 27.7 Å². The Morgan fingerprint density at radius 1 is 0.260 bits per heavy atom. The molecule has 2 nitrogen and oxygen atoms in total. The number of hydrogen-bond acceptors (Lipinski definition) is 2. The Bertz CT molecular complexity index is 2070. The van der Waals surface area contributed by atoms with Gasteiger partial charge >= 0.3 is 0 Å². The van der Waals surface area contributed by atoms with Crippen LogP contribution in [0.25, 0.3) is 32.7 Å². The molecule has 0 atom stereocenters. The molecule has 0 aromatic heterocycles. The van der Waals surface area contributed by atoms with Gasteiger partial charge < -0.3 is 9.80 Å². The summed E-state index contributed by atoms with van der Waals surface area (Å²) >= 11 is 0. The summed E-state index contributed by atoms with van der Waals surface area (Å²) in [5.41, 5.74) is 9.18. The molecule has 0 heterocycles. The second kappa shape index (κ2) is 16.3. The van der Waals surface area contributed by atoms with E-state index in [1.54, 1.807) is 0 Å². The van der Waals surface area contributed by atoms with Crippen LogP contribution in [0.4, 0.5) is 34.1 Å². The quantitative estimate of drug-likeness (QED) is 0.170. The van der Waals surface area contributed by atoms with Gasteiger partial charge in [0.2, 0.25) is 0 Å². The lowest BCUT2D eigenvalue weighted by Crippen LogP contribution is -2.10. The van der Waals surface area contributed by atoms with Crippen molar-refractivity contribution in [3.05, 3.63) is 194 Å². The molecule has 0 unspecified atom stereocenters. The van der Waals surface area contributed by atoms with Crippen molar-refractivity contribution in [3.63, 3.8) is 0 Å². The summed E-state index contributed by atoms with van der Waals surface area (Å²) in [6, 6.07) is 69.2. The zero-order chi connectivity index (χ0) is 34.7. The lowest BCUT2D eigenvalue weighted by atomic mass is 10.0. The fraction of sp³-hybridized carbons (Fsp3) is 0.0833. The summed E-state index contributed by atoms with van der Waals surface area (Å²) in [5, 5.41) is 4.90. The van der Waals surface area contributed by atoms with E-state index in [1.807, 2.05) is 27.7 Å². The van der Waals surface area contributed by atoms with Gasteiger partial charge in [-0.15, -0.1) is 0 Å². The van der Waals surface area contributed by atoms with E-state index in [2.05, 4.69) is 204 Å². The topological polar surface area (TPSA) is 6.48 Å². The van der Waals surface area contributed by atoms with Crippen molar-refractivity contribution < 1.29 is 0 Å². The second-order valence-electron chi connectivity index (χ2n) is 11.4. The van der Waals surface area contributed by atoms with E-state index in [9.17, 15) is 0 Å². The van der Waals surface area contributed by atoms with Crippen LogP contribution in [0.15, 0.2) is 194 Å². The lowest BCUT2D eigenvalue weighted by molar-refractivity contribution is 1.29. The molecule has 50 heavy (non-hydrogen) atoms. The van der Waals surface area contributed by atoms with Crippen LogP contribution in [0.2, 0.25) is 0 Å². The molecular formula is C48H44N2. The third-order valence-electron chi connectivity index (χ3n) is 8.63. The highest BCUT2D eigenvalue weighted by atomic mass is 15.1. The first kappa shape index (κ1) is 33.8. The van der Waals surface area contributed by atoms with Crippen LogP contribution in [-0.2, 0) is 0 Å². The Morgan fingerprint density at radius 2 is 0.560 bits per heavy atom. The van der Waals surface area contributed by atoms with Gasteiger partial charge in [0.1, 0.15) is 0 Å². The zero-order valence-corrected chi connectivity index (χ0v) is 29.4. The molecule has 0 aliphatic carbocycles. The largest absolute Gasteiger partial charge is 0.310 e. The lowest BCUT2D eigenvalue weighted by Gasteiger charge is -2.27. The molecule has 0 spiro atoms. The third kappa shape index (κ3) is 7.02. The molecule has 0 fully saturated rings. The first-order chi connectivity index (χ1) is 24.8. The van der Waals surface area contributed by atoms with Crippen LogP contribution in [0, 0.1) is 0 Å². The highest BCUT2D eigenvalue weighted by molar-refractivity contribution is 6.00. The number of fused-ring (bicyclic) bond motifs is 2. The number of rotatable bonds is 7. The molecule has 0 saturated heterocycles. The first-order valence-corrected chi connectivity index (χ1v) is 17.7. The van der Waals surface area contributed by atoms with Gasteiger partial charge in [-0.1, -0.05) is 161 Å². The molecule has 0 radical (unpaired) electrons. The van der Waals surface area contributed by atoms with Gasteiger partial charge in [-0.2, -0.15) is 0 Å². The van der Waals surface area contributed by atoms with Gasteiger partial charge in [-0.05, 0) is 82.6 Å². The summed E-state index contributed by atoms with van der Waals surface area (Å²) in [6.07, 6.45) is 0. The normalized spacial score (nSPS) is 10.4. The van der Waals surface area contributed by atoms with Crippen molar-refractivity contribution in [1.82, 2.24) is 0 Å². The molecule has 246 valence electrons. The molecule has 8 rings (SSSR count). The van der Waals surface area contributed by atoms with E-state index in [-0.39, 0.29) is 0 Å². The van der Waals surface area contributed by atoms with Crippen LogP contribution >= 0.6 is 0 Å². The van der Waals surface area contributed by atoms with Crippen LogP contribution in [0.3, 0.4) is 0 Å². The molecule has 0 amide bonds. The summed E-state index contributed by atoms with van der Waals surface area (Å²) < 4.78 is 0. The van der Waals surface area contributed by atoms with Gasteiger partial charge in [0.05, 0.1) is 11.4 Å². The zero-order valence-electron chi connectivity index (χ0n) is 29.4. The van der Waals surface area contributed by atoms with Crippen molar-refractivity contribution in [2.45, 2.75) is 27.7 Å². The number of para-hydroxylation sites is 2. The van der Waals surface area contributed by atoms with Gasteiger partial charge in [-0.3, -0.25) is 0 Å². The molecule has 0 bridgehead atoms. The average molecular weight is 649 g/mol. The Labute approximate surface area is 297 Å². The van der Waals surface area contributed by atoms with Crippen molar-refractivity contribution in [2.24, 2.45) is 0 Å². The van der Waals surface area contributed by atoms with E-state index in [0.717, 1.165) is 34.1 Å². The highest BCUT2D eigenvalue weighted by Gasteiger charge is 2.17. The Kier molecular flexibility index (Phi) is 11.0. The Morgan fingerprint density at radius 3 is 0.940 bits per heavy atom. The summed E-state index contributed by atoms with van der Waals surface area (Å²) in [6.45, 7) is 8.00. The minimum atomic E-state index is 1.12. The molecule has 8 aromatic rings. The molecule has 0 N–H and O–H groups in total. The maximum Gasteiger partial charge on any atom is 0.0540 e. The van der Waals surface area contributed by atoms with Crippen molar-refractivity contribution in [1.29, 1.82) is 0 Å². The van der Waals surface area contributed by atoms with Gasteiger partial charge in [-0.25, -0.2) is 0 Å². The average Bonchev–Trinajstić information content (AvgIpc) is 3.21. The van der Waals surface area contributed by atoms with Crippen molar-refractivity contribution in [2.75, 3.05) is 9.80 Å². The van der Waals surface area contributed by atoms with Crippen LogP contribution < -0.4 is 9.80 Å². The maximum absolute atomic E-state index is 2.34. The summed E-state index contributed by atoms with van der Waals surface area (Å²) in [5.74, 6) is 0. The van der Waals surface area contributed by atoms with Gasteiger partial charge in [0, 0.05) is 33.5 Å². The summed E-state index contributed by atoms with van der Waals surface area (Å²) in [4.78, 5) is 4.69. The Balaban J connectivity index is 0.00000104. The van der Waals surface area contributed by atoms with Gasteiger partial charge in [0.15, 0.2) is 0 Å². The molecule has 8 aromatic carbocycles. The summed E-state index contributed by atoms with van der Waals surface area (Å²) in [7, 11) is 0. The maximum atomic E-state index is 2.34. The van der Waals surface area contributed by atoms with E-state index >= 15 is 0 Å².